The van der Waals surface area contributed by atoms with Gasteiger partial charge in [-0.2, -0.15) is 0 Å². The van der Waals surface area contributed by atoms with Crippen LogP contribution >= 0.6 is 0 Å². The lowest BCUT2D eigenvalue weighted by atomic mass is 9.92. The number of nitrogens with one attached hydrogen (secondary N) is 1. The van der Waals surface area contributed by atoms with Gasteiger partial charge in [-0.1, -0.05) is 32.0 Å². The van der Waals surface area contributed by atoms with E-state index in [-0.39, 0.29) is 0 Å². The summed E-state index contributed by atoms with van der Waals surface area (Å²) in [6, 6.07) is 8.57. The van der Waals surface area contributed by atoms with Gasteiger partial charge in [0.2, 0.25) is 0 Å². The van der Waals surface area contributed by atoms with Crippen LogP contribution in [0.4, 0.5) is 5.69 Å². The molecule has 0 spiro atoms. The summed E-state index contributed by atoms with van der Waals surface area (Å²) in [7, 11) is 0. The zero-order chi connectivity index (χ0) is 16.1. The molecule has 0 bridgehead atoms. The number of benzene rings is 1. The quantitative estimate of drug-likeness (QED) is 0.775. The molecule has 0 saturated carbocycles. The molecule has 1 aliphatic rings. The first-order chi connectivity index (χ1) is 11.3. The summed E-state index contributed by atoms with van der Waals surface area (Å²) in [6.45, 7) is 8.98. The van der Waals surface area contributed by atoms with E-state index in [2.05, 4.69) is 48.3 Å². The van der Waals surface area contributed by atoms with E-state index in [0.717, 1.165) is 31.6 Å². The second-order valence-electron chi connectivity index (χ2n) is 6.44. The van der Waals surface area contributed by atoms with Gasteiger partial charge < -0.3 is 10.2 Å². The molecular formula is C20H29N3. The van der Waals surface area contributed by atoms with Gasteiger partial charge in [-0.25, -0.2) is 0 Å². The molecule has 0 fully saturated rings. The molecule has 0 radical (unpaired) electrons. The zero-order valence-electron chi connectivity index (χ0n) is 14.6. The van der Waals surface area contributed by atoms with Crippen molar-refractivity contribution in [2.75, 3.05) is 31.5 Å². The molecule has 1 aromatic heterocycles. The molecule has 0 atom stereocenters. The van der Waals surface area contributed by atoms with Crippen LogP contribution in [0.25, 0.3) is 10.9 Å². The second kappa shape index (κ2) is 7.78. The highest BCUT2D eigenvalue weighted by Gasteiger charge is 2.17. The Balaban J connectivity index is 1.78. The third kappa shape index (κ3) is 3.66. The Hall–Kier alpha value is -1.61. The zero-order valence-corrected chi connectivity index (χ0v) is 14.6. The number of rotatable bonds is 7. The van der Waals surface area contributed by atoms with Crippen molar-refractivity contribution in [1.82, 2.24) is 9.88 Å². The van der Waals surface area contributed by atoms with E-state index < -0.39 is 0 Å². The smallest absolute Gasteiger partial charge is 0.0726 e. The standard InChI is InChI=1S/C20H29N3/c1-3-23(4-2)15-9-14-21-20-16-10-5-7-12-18(16)22-19-13-8-6-11-17(19)20/h5,7,10,12H,3-4,6,8-9,11,13-15H2,1-2H3,(H,21,22). The summed E-state index contributed by atoms with van der Waals surface area (Å²) < 4.78 is 0. The van der Waals surface area contributed by atoms with Crippen LogP contribution in [0.1, 0.15) is 44.4 Å². The first kappa shape index (κ1) is 16.3. The second-order valence-corrected chi connectivity index (χ2v) is 6.44. The van der Waals surface area contributed by atoms with Crippen molar-refractivity contribution in [3.63, 3.8) is 0 Å². The summed E-state index contributed by atoms with van der Waals surface area (Å²) in [5.41, 5.74) is 5.28. The van der Waals surface area contributed by atoms with Crippen LogP contribution in [0, 0.1) is 0 Å². The van der Waals surface area contributed by atoms with E-state index in [9.17, 15) is 0 Å². The predicted molar refractivity (Wildman–Crippen MR) is 99.3 cm³/mol. The maximum atomic E-state index is 4.91. The summed E-state index contributed by atoms with van der Waals surface area (Å²) in [4.78, 5) is 7.40. The van der Waals surface area contributed by atoms with Crippen molar-refractivity contribution in [3.8, 4) is 0 Å². The lowest BCUT2D eigenvalue weighted by molar-refractivity contribution is 0.303. The molecule has 0 saturated heterocycles. The van der Waals surface area contributed by atoms with Crippen molar-refractivity contribution >= 4 is 16.6 Å². The van der Waals surface area contributed by atoms with Crippen LogP contribution in [-0.2, 0) is 12.8 Å². The highest BCUT2D eigenvalue weighted by molar-refractivity contribution is 5.93. The number of hydrogen-bond acceptors (Lipinski definition) is 3. The highest BCUT2D eigenvalue weighted by Crippen LogP contribution is 2.33. The van der Waals surface area contributed by atoms with E-state index in [1.54, 1.807) is 0 Å². The molecule has 2 aromatic rings. The van der Waals surface area contributed by atoms with Crippen molar-refractivity contribution in [2.45, 2.75) is 46.0 Å². The van der Waals surface area contributed by atoms with Gasteiger partial charge in [0.05, 0.1) is 5.52 Å². The van der Waals surface area contributed by atoms with Gasteiger partial charge >= 0.3 is 0 Å². The molecular weight excluding hydrogens is 282 g/mol. The molecule has 0 aliphatic heterocycles. The monoisotopic (exact) mass is 311 g/mol. The molecule has 23 heavy (non-hydrogen) atoms. The first-order valence-electron chi connectivity index (χ1n) is 9.20. The van der Waals surface area contributed by atoms with E-state index in [0.29, 0.717) is 0 Å². The summed E-state index contributed by atoms with van der Waals surface area (Å²) in [5, 5.41) is 5.04. The van der Waals surface area contributed by atoms with E-state index in [1.807, 2.05) is 0 Å². The van der Waals surface area contributed by atoms with Gasteiger partial charge in [-0.15, -0.1) is 0 Å². The summed E-state index contributed by atoms with van der Waals surface area (Å²) in [5.74, 6) is 0. The number of nitrogens with zero attached hydrogens (tertiary/aromatic N) is 2. The maximum Gasteiger partial charge on any atom is 0.0726 e. The molecule has 0 amide bonds. The minimum Gasteiger partial charge on any atom is -0.384 e. The fourth-order valence-corrected chi connectivity index (χ4v) is 3.63. The number of aryl methyl sites for hydroxylation is 1. The summed E-state index contributed by atoms with van der Waals surface area (Å²) >= 11 is 0. The lowest BCUT2D eigenvalue weighted by Crippen LogP contribution is -2.25. The van der Waals surface area contributed by atoms with Crippen LogP contribution in [0.5, 0.6) is 0 Å². The van der Waals surface area contributed by atoms with E-state index in [4.69, 9.17) is 4.98 Å². The average Bonchev–Trinajstić information content (AvgIpc) is 2.61. The Bertz CT molecular complexity index is 647. The van der Waals surface area contributed by atoms with Crippen LogP contribution in [0.15, 0.2) is 24.3 Å². The van der Waals surface area contributed by atoms with E-state index >= 15 is 0 Å². The molecule has 1 aromatic carbocycles. The Morgan fingerprint density at radius 1 is 1.09 bits per heavy atom. The van der Waals surface area contributed by atoms with Crippen molar-refractivity contribution < 1.29 is 0 Å². The Morgan fingerprint density at radius 2 is 1.87 bits per heavy atom. The number of aromatic nitrogens is 1. The minimum atomic E-state index is 1.04. The molecule has 0 unspecified atom stereocenters. The summed E-state index contributed by atoms with van der Waals surface area (Å²) in [6.07, 6.45) is 6.06. The predicted octanol–water partition coefficient (Wildman–Crippen LogP) is 4.26. The fraction of sp³-hybridized carbons (Fsp3) is 0.550. The Morgan fingerprint density at radius 3 is 2.70 bits per heavy atom. The third-order valence-electron chi connectivity index (χ3n) is 5.02. The normalized spacial score (nSPS) is 14.2. The lowest BCUT2D eigenvalue weighted by Gasteiger charge is -2.22. The molecule has 3 rings (SSSR count). The van der Waals surface area contributed by atoms with Gasteiger partial charge in [-0.05, 0) is 63.4 Å². The molecule has 3 nitrogen and oxygen atoms in total. The van der Waals surface area contributed by atoms with Crippen LogP contribution in [0.3, 0.4) is 0 Å². The Kier molecular flexibility index (Phi) is 5.50. The number of hydrogen-bond donors (Lipinski definition) is 1. The fourth-order valence-electron chi connectivity index (χ4n) is 3.63. The third-order valence-corrected chi connectivity index (χ3v) is 5.02. The van der Waals surface area contributed by atoms with Gasteiger partial charge in [0.25, 0.3) is 0 Å². The number of anilines is 1. The van der Waals surface area contributed by atoms with E-state index in [1.165, 1.54) is 54.6 Å². The largest absolute Gasteiger partial charge is 0.384 e. The van der Waals surface area contributed by atoms with Crippen LogP contribution in [0.2, 0.25) is 0 Å². The van der Waals surface area contributed by atoms with Crippen molar-refractivity contribution in [2.24, 2.45) is 0 Å². The van der Waals surface area contributed by atoms with Gasteiger partial charge in [0.1, 0.15) is 0 Å². The van der Waals surface area contributed by atoms with Crippen molar-refractivity contribution in [3.05, 3.63) is 35.5 Å². The molecule has 3 heteroatoms. The minimum absolute atomic E-state index is 1.04. The van der Waals surface area contributed by atoms with Gasteiger partial charge in [-0.3, -0.25) is 4.98 Å². The molecule has 124 valence electrons. The molecule has 1 heterocycles. The maximum absolute atomic E-state index is 4.91. The number of pyridine rings is 1. The molecule has 1 aliphatic carbocycles. The highest BCUT2D eigenvalue weighted by atomic mass is 15.1. The van der Waals surface area contributed by atoms with Gasteiger partial charge in [0.15, 0.2) is 0 Å². The van der Waals surface area contributed by atoms with Gasteiger partial charge in [0, 0.05) is 23.3 Å². The topological polar surface area (TPSA) is 28.2 Å². The first-order valence-corrected chi connectivity index (χ1v) is 9.20. The SMILES string of the molecule is CCN(CC)CCCNc1c2c(nc3ccccc13)CCCC2. The number of para-hydroxylation sites is 1. The van der Waals surface area contributed by atoms with Crippen LogP contribution < -0.4 is 5.32 Å². The average molecular weight is 311 g/mol. The Labute approximate surface area is 140 Å². The van der Waals surface area contributed by atoms with Crippen LogP contribution in [-0.4, -0.2) is 36.1 Å². The number of fused-ring (bicyclic) bond motifs is 2. The molecule has 1 N–H and O–H groups in total. The van der Waals surface area contributed by atoms with Crippen molar-refractivity contribution in [1.29, 1.82) is 0 Å².